The van der Waals surface area contributed by atoms with Crippen LogP contribution in [0, 0.1) is 12.8 Å². The highest BCUT2D eigenvalue weighted by atomic mass is 16.5. The first-order valence-corrected chi connectivity index (χ1v) is 10.3. The molecule has 2 heterocycles. The Morgan fingerprint density at radius 3 is 2.39 bits per heavy atom. The molecule has 148 valence electrons. The molecular formula is C24H30N2O2. The van der Waals surface area contributed by atoms with Gasteiger partial charge in [-0.3, -0.25) is 4.79 Å². The molecule has 1 amide bonds. The van der Waals surface area contributed by atoms with Gasteiger partial charge in [0, 0.05) is 32.2 Å². The van der Waals surface area contributed by atoms with E-state index in [1.54, 1.807) is 0 Å². The highest BCUT2D eigenvalue weighted by molar-refractivity contribution is 5.89. The van der Waals surface area contributed by atoms with Crippen molar-refractivity contribution in [2.75, 3.05) is 32.8 Å². The van der Waals surface area contributed by atoms with Gasteiger partial charge in [-0.05, 0) is 43.4 Å². The van der Waals surface area contributed by atoms with E-state index in [0.29, 0.717) is 31.6 Å². The van der Waals surface area contributed by atoms with Gasteiger partial charge in [-0.15, -0.1) is 0 Å². The lowest BCUT2D eigenvalue weighted by Gasteiger charge is -2.39. The molecule has 0 aromatic heterocycles. The second-order valence-corrected chi connectivity index (χ2v) is 8.28. The van der Waals surface area contributed by atoms with Gasteiger partial charge in [-0.25, -0.2) is 0 Å². The zero-order valence-corrected chi connectivity index (χ0v) is 16.6. The normalized spacial score (nSPS) is 24.3. The Balaban J connectivity index is 1.63. The number of hydrogen-bond donors (Lipinski definition) is 1. The summed E-state index contributed by atoms with van der Waals surface area (Å²) >= 11 is 0. The third kappa shape index (κ3) is 3.47. The van der Waals surface area contributed by atoms with E-state index in [-0.39, 0.29) is 5.91 Å². The van der Waals surface area contributed by atoms with Gasteiger partial charge < -0.3 is 15.4 Å². The number of carbonyl (C=O) groups excluding carboxylic acids is 1. The first-order chi connectivity index (χ1) is 13.6. The molecule has 28 heavy (non-hydrogen) atoms. The van der Waals surface area contributed by atoms with Crippen molar-refractivity contribution in [3.8, 4) is 0 Å². The van der Waals surface area contributed by atoms with E-state index < -0.39 is 5.41 Å². The van der Waals surface area contributed by atoms with Gasteiger partial charge in [0.15, 0.2) is 0 Å². The van der Waals surface area contributed by atoms with Crippen LogP contribution >= 0.6 is 0 Å². The monoisotopic (exact) mass is 378 g/mol. The van der Waals surface area contributed by atoms with E-state index in [4.69, 9.17) is 10.5 Å². The number of likely N-dealkylation sites (tertiary alicyclic amines) is 1. The third-order valence-corrected chi connectivity index (χ3v) is 6.62. The number of ether oxygens (including phenoxy) is 1. The van der Waals surface area contributed by atoms with Gasteiger partial charge in [-0.2, -0.15) is 0 Å². The SMILES string of the molecule is Cc1ccc(C2(C(=O)N3C[C@@H](CN)[C@H](c4ccccc4)C3)CCOCC2)cc1. The summed E-state index contributed by atoms with van der Waals surface area (Å²) < 4.78 is 5.62. The van der Waals surface area contributed by atoms with E-state index in [9.17, 15) is 4.79 Å². The van der Waals surface area contributed by atoms with E-state index >= 15 is 0 Å². The van der Waals surface area contributed by atoms with Crippen LogP contribution in [-0.4, -0.2) is 43.7 Å². The number of benzene rings is 2. The van der Waals surface area contributed by atoms with Crippen LogP contribution in [-0.2, 0) is 14.9 Å². The van der Waals surface area contributed by atoms with Crippen molar-refractivity contribution >= 4 is 5.91 Å². The fourth-order valence-corrected chi connectivity index (χ4v) is 4.87. The third-order valence-electron chi connectivity index (χ3n) is 6.62. The molecule has 2 atom stereocenters. The summed E-state index contributed by atoms with van der Waals surface area (Å²) in [6, 6.07) is 19.0. The lowest BCUT2D eigenvalue weighted by atomic mass is 9.73. The Bertz CT molecular complexity index is 797. The highest BCUT2D eigenvalue weighted by Gasteiger charge is 2.47. The first-order valence-electron chi connectivity index (χ1n) is 10.3. The van der Waals surface area contributed by atoms with Crippen LogP contribution in [0.5, 0.6) is 0 Å². The summed E-state index contributed by atoms with van der Waals surface area (Å²) in [6.07, 6.45) is 1.49. The van der Waals surface area contributed by atoms with Gasteiger partial charge in [0.05, 0.1) is 5.41 Å². The van der Waals surface area contributed by atoms with E-state index in [2.05, 4.69) is 60.4 Å². The van der Waals surface area contributed by atoms with E-state index in [1.165, 1.54) is 11.1 Å². The summed E-state index contributed by atoms with van der Waals surface area (Å²) in [4.78, 5) is 15.9. The van der Waals surface area contributed by atoms with Crippen LogP contribution in [0.4, 0.5) is 0 Å². The van der Waals surface area contributed by atoms with E-state index in [1.807, 2.05) is 6.07 Å². The van der Waals surface area contributed by atoms with Crippen LogP contribution in [0.1, 0.15) is 35.4 Å². The van der Waals surface area contributed by atoms with Crippen LogP contribution in [0.25, 0.3) is 0 Å². The molecule has 2 aromatic carbocycles. The van der Waals surface area contributed by atoms with Gasteiger partial charge in [0.25, 0.3) is 0 Å². The standard InChI is InChI=1S/C24H30N2O2/c1-18-7-9-21(10-8-18)24(11-13-28-14-12-24)23(27)26-16-20(15-25)22(17-26)19-5-3-2-4-6-19/h2-10,20,22H,11-17,25H2,1H3/t20-,22+/m1/s1. The van der Waals surface area contributed by atoms with Gasteiger partial charge >= 0.3 is 0 Å². The molecule has 0 radical (unpaired) electrons. The maximum atomic E-state index is 13.9. The van der Waals surface area contributed by atoms with Crippen LogP contribution in [0.15, 0.2) is 54.6 Å². The molecule has 2 fully saturated rings. The molecule has 0 aliphatic carbocycles. The van der Waals surface area contributed by atoms with Gasteiger partial charge in [0.2, 0.25) is 5.91 Å². The Morgan fingerprint density at radius 1 is 1.07 bits per heavy atom. The zero-order chi connectivity index (χ0) is 19.6. The Hall–Kier alpha value is -2.17. The predicted molar refractivity (Wildman–Crippen MR) is 111 cm³/mol. The number of nitrogens with zero attached hydrogens (tertiary/aromatic N) is 1. The molecule has 4 rings (SSSR count). The quantitative estimate of drug-likeness (QED) is 0.889. The fraction of sp³-hybridized carbons (Fsp3) is 0.458. The van der Waals surface area contributed by atoms with Crippen molar-refractivity contribution < 1.29 is 9.53 Å². The highest BCUT2D eigenvalue weighted by Crippen LogP contribution is 2.40. The molecule has 0 bridgehead atoms. The summed E-state index contributed by atoms with van der Waals surface area (Å²) in [5, 5.41) is 0. The van der Waals surface area contributed by atoms with Crippen LogP contribution in [0.2, 0.25) is 0 Å². The summed E-state index contributed by atoms with van der Waals surface area (Å²) in [6.45, 7) is 5.44. The second-order valence-electron chi connectivity index (χ2n) is 8.28. The Kier molecular flexibility index (Phi) is 5.51. The smallest absolute Gasteiger partial charge is 0.233 e. The maximum Gasteiger partial charge on any atom is 0.233 e. The van der Waals surface area contributed by atoms with Crippen LogP contribution < -0.4 is 5.73 Å². The molecular weight excluding hydrogens is 348 g/mol. The topological polar surface area (TPSA) is 55.6 Å². The van der Waals surface area contributed by atoms with Crippen LogP contribution in [0.3, 0.4) is 0 Å². The Morgan fingerprint density at radius 2 is 1.75 bits per heavy atom. The Labute approximate surface area is 167 Å². The minimum Gasteiger partial charge on any atom is -0.381 e. The van der Waals surface area contributed by atoms with Crippen molar-refractivity contribution in [1.29, 1.82) is 0 Å². The average Bonchev–Trinajstić information content (AvgIpc) is 3.19. The minimum absolute atomic E-state index is 0.247. The molecule has 2 saturated heterocycles. The van der Waals surface area contributed by atoms with Crippen molar-refractivity contribution in [2.24, 2.45) is 11.7 Å². The number of amides is 1. The van der Waals surface area contributed by atoms with Crippen molar-refractivity contribution in [3.05, 3.63) is 71.3 Å². The molecule has 0 saturated carbocycles. The molecule has 0 spiro atoms. The summed E-state index contributed by atoms with van der Waals surface area (Å²) in [5.74, 6) is 0.864. The van der Waals surface area contributed by atoms with Gasteiger partial charge in [-0.1, -0.05) is 60.2 Å². The fourth-order valence-electron chi connectivity index (χ4n) is 4.87. The lowest BCUT2D eigenvalue weighted by Crippen LogP contribution is -2.49. The molecule has 4 heteroatoms. The average molecular weight is 379 g/mol. The number of carbonyl (C=O) groups is 1. The second kappa shape index (κ2) is 8.06. The zero-order valence-electron chi connectivity index (χ0n) is 16.6. The van der Waals surface area contributed by atoms with E-state index in [0.717, 1.165) is 31.5 Å². The molecule has 4 nitrogen and oxygen atoms in total. The molecule has 2 aliphatic rings. The molecule has 0 unspecified atom stereocenters. The largest absolute Gasteiger partial charge is 0.381 e. The van der Waals surface area contributed by atoms with Crippen molar-refractivity contribution in [1.82, 2.24) is 4.90 Å². The lowest BCUT2D eigenvalue weighted by molar-refractivity contribution is -0.140. The summed E-state index contributed by atoms with van der Waals surface area (Å²) in [5.41, 5.74) is 9.25. The predicted octanol–water partition coefficient (Wildman–Crippen LogP) is 3.24. The molecule has 2 aliphatic heterocycles. The first kappa shape index (κ1) is 19.2. The minimum atomic E-state index is -0.476. The van der Waals surface area contributed by atoms with Crippen molar-refractivity contribution in [2.45, 2.75) is 31.1 Å². The number of nitrogens with two attached hydrogens (primary N) is 1. The number of aryl methyl sites for hydroxylation is 1. The maximum absolute atomic E-state index is 13.9. The number of hydrogen-bond acceptors (Lipinski definition) is 3. The van der Waals surface area contributed by atoms with Crippen molar-refractivity contribution in [3.63, 3.8) is 0 Å². The summed E-state index contributed by atoms with van der Waals surface area (Å²) in [7, 11) is 0. The molecule has 2 N–H and O–H groups in total. The number of rotatable bonds is 4. The molecule has 2 aromatic rings. The van der Waals surface area contributed by atoms with Gasteiger partial charge in [0.1, 0.15) is 0 Å².